The lowest BCUT2D eigenvalue weighted by Crippen LogP contribution is -2.36. The quantitative estimate of drug-likeness (QED) is 0.681. The molecule has 0 N–H and O–H groups in total. The predicted octanol–water partition coefficient (Wildman–Crippen LogP) is 2.17. The topological polar surface area (TPSA) is 18.5 Å². The lowest BCUT2D eigenvalue weighted by Gasteiger charge is -2.16. The molecule has 0 amide bonds. The van der Waals surface area contributed by atoms with Crippen LogP contribution in [0.2, 0.25) is 5.02 Å². The van der Waals surface area contributed by atoms with E-state index in [1.807, 2.05) is 39.0 Å². The van der Waals surface area contributed by atoms with Crippen molar-refractivity contribution in [2.75, 3.05) is 6.61 Å². The van der Waals surface area contributed by atoms with E-state index in [9.17, 15) is 0 Å². The van der Waals surface area contributed by atoms with Gasteiger partial charge in [-0.1, -0.05) is 23.7 Å². The van der Waals surface area contributed by atoms with Gasteiger partial charge in [0.1, 0.15) is 0 Å². The molecule has 1 aliphatic heterocycles. The maximum Gasteiger partial charge on any atom is 0.494 e. The zero-order chi connectivity index (χ0) is 11.1. The van der Waals surface area contributed by atoms with Gasteiger partial charge in [0.05, 0.1) is 12.2 Å². The summed E-state index contributed by atoms with van der Waals surface area (Å²) < 4.78 is 11.4. The van der Waals surface area contributed by atoms with Crippen LogP contribution in [0.5, 0.6) is 0 Å². The van der Waals surface area contributed by atoms with Crippen molar-refractivity contribution >= 4 is 24.2 Å². The molecular formula is C11H14BClO2. The third kappa shape index (κ3) is 2.20. The molecule has 4 heteroatoms. The van der Waals surface area contributed by atoms with Gasteiger partial charge >= 0.3 is 7.12 Å². The number of halogens is 1. The molecule has 0 atom stereocenters. The number of benzene rings is 1. The van der Waals surface area contributed by atoms with E-state index in [1.54, 1.807) is 0 Å². The van der Waals surface area contributed by atoms with Crippen LogP contribution in [0.1, 0.15) is 19.4 Å². The van der Waals surface area contributed by atoms with Crippen molar-refractivity contribution in [3.63, 3.8) is 0 Å². The van der Waals surface area contributed by atoms with Crippen LogP contribution in [-0.2, 0) is 9.31 Å². The first-order chi connectivity index (χ1) is 6.99. The summed E-state index contributed by atoms with van der Waals surface area (Å²) in [6, 6.07) is 5.79. The van der Waals surface area contributed by atoms with Crippen LogP contribution in [0.25, 0.3) is 0 Å². The van der Waals surface area contributed by atoms with Crippen molar-refractivity contribution in [1.29, 1.82) is 0 Å². The van der Waals surface area contributed by atoms with Crippen molar-refractivity contribution in [1.82, 2.24) is 0 Å². The highest BCUT2D eigenvalue weighted by Gasteiger charge is 2.38. The van der Waals surface area contributed by atoms with Gasteiger partial charge in [0, 0.05) is 5.02 Å². The lowest BCUT2D eigenvalue weighted by molar-refractivity contribution is 0.137. The van der Waals surface area contributed by atoms with Gasteiger partial charge in [0.25, 0.3) is 0 Å². The third-order valence-corrected chi connectivity index (χ3v) is 2.98. The first kappa shape index (κ1) is 11.0. The molecule has 0 saturated carbocycles. The summed E-state index contributed by atoms with van der Waals surface area (Å²) in [4.78, 5) is 0. The van der Waals surface area contributed by atoms with Crippen LogP contribution in [0.3, 0.4) is 0 Å². The molecule has 1 aromatic carbocycles. The second-order valence-electron chi connectivity index (χ2n) is 4.47. The van der Waals surface area contributed by atoms with Crippen LogP contribution in [-0.4, -0.2) is 19.3 Å². The highest BCUT2D eigenvalue weighted by molar-refractivity contribution is 6.62. The van der Waals surface area contributed by atoms with E-state index in [-0.39, 0.29) is 12.7 Å². The van der Waals surface area contributed by atoms with E-state index < -0.39 is 0 Å². The Morgan fingerprint density at radius 2 is 2.13 bits per heavy atom. The molecule has 0 bridgehead atoms. The van der Waals surface area contributed by atoms with Crippen molar-refractivity contribution in [3.05, 3.63) is 28.8 Å². The van der Waals surface area contributed by atoms with Gasteiger partial charge in [0.2, 0.25) is 0 Å². The van der Waals surface area contributed by atoms with E-state index >= 15 is 0 Å². The molecule has 1 saturated heterocycles. The van der Waals surface area contributed by atoms with Gasteiger partial charge in [-0.15, -0.1) is 0 Å². The minimum absolute atomic E-state index is 0.209. The maximum absolute atomic E-state index is 6.05. The average molecular weight is 224 g/mol. The Balaban J connectivity index is 2.28. The molecule has 0 aromatic heterocycles. The molecule has 0 unspecified atom stereocenters. The second-order valence-corrected chi connectivity index (χ2v) is 4.88. The fraction of sp³-hybridized carbons (Fsp3) is 0.455. The van der Waals surface area contributed by atoms with Gasteiger partial charge < -0.3 is 9.31 Å². The minimum atomic E-state index is -0.279. The zero-order valence-corrected chi connectivity index (χ0v) is 9.97. The standard InChI is InChI=1S/C11H14BClO2/c1-8-9(5-4-6-10(8)13)12-14-7-11(2,3)15-12/h4-6H,7H2,1-3H3. The van der Waals surface area contributed by atoms with Crippen LogP contribution in [0.4, 0.5) is 0 Å². The van der Waals surface area contributed by atoms with Gasteiger partial charge in [-0.2, -0.15) is 0 Å². The Morgan fingerprint density at radius 3 is 2.73 bits per heavy atom. The van der Waals surface area contributed by atoms with Crippen LogP contribution in [0, 0.1) is 6.92 Å². The summed E-state index contributed by atoms with van der Waals surface area (Å²) in [5.41, 5.74) is 1.84. The Bertz CT molecular complexity index is 379. The summed E-state index contributed by atoms with van der Waals surface area (Å²) in [6.07, 6.45) is 0. The van der Waals surface area contributed by atoms with Gasteiger partial charge in [-0.05, 0) is 37.9 Å². The Hall–Kier alpha value is -0.505. The third-order valence-electron chi connectivity index (χ3n) is 2.57. The fourth-order valence-electron chi connectivity index (χ4n) is 1.67. The van der Waals surface area contributed by atoms with Crippen molar-refractivity contribution in [2.24, 2.45) is 0 Å². The highest BCUT2D eigenvalue weighted by Crippen LogP contribution is 2.21. The zero-order valence-electron chi connectivity index (χ0n) is 9.21. The first-order valence-electron chi connectivity index (χ1n) is 5.04. The predicted molar refractivity (Wildman–Crippen MR) is 62.7 cm³/mol. The minimum Gasteiger partial charge on any atom is -0.404 e. The average Bonchev–Trinajstić information content (AvgIpc) is 2.51. The fourth-order valence-corrected chi connectivity index (χ4v) is 1.85. The van der Waals surface area contributed by atoms with E-state index in [0.717, 1.165) is 16.0 Å². The highest BCUT2D eigenvalue weighted by atomic mass is 35.5. The lowest BCUT2D eigenvalue weighted by atomic mass is 9.76. The molecule has 0 spiro atoms. The molecule has 0 radical (unpaired) electrons. The largest absolute Gasteiger partial charge is 0.494 e. The van der Waals surface area contributed by atoms with Crippen molar-refractivity contribution in [3.8, 4) is 0 Å². The number of hydrogen-bond acceptors (Lipinski definition) is 2. The Kier molecular flexibility index (Phi) is 2.80. The molecule has 1 heterocycles. The van der Waals surface area contributed by atoms with E-state index in [0.29, 0.717) is 6.61 Å². The summed E-state index contributed by atoms with van der Waals surface area (Å²) in [6.45, 7) is 6.64. The first-order valence-corrected chi connectivity index (χ1v) is 5.42. The van der Waals surface area contributed by atoms with E-state index in [1.165, 1.54) is 0 Å². The van der Waals surface area contributed by atoms with Crippen LogP contribution < -0.4 is 5.46 Å². The number of hydrogen-bond donors (Lipinski definition) is 0. The molecule has 1 aromatic rings. The smallest absolute Gasteiger partial charge is 0.404 e. The van der Waals surface area contributed by atoms with Crippen molar-refractivity contribution < 1.29 is 9.31 Å². The van der Waals surface area contributed by atoms with Gasteiger partial charge in [-0.3, -0.25) is 0 Å². The monoisotopic (exact) mass is 224 g/mol. The molecule has 2 rings (SSSR count). The molecule has 80 valence electrons. The molecule has 0 aliphatic carbocycles. The number of rotatable bonds is 1. The summed E-state index contributed by atoms with van der Waals surface area (Å²) in [5.74, 6) is 0. The normalized spacial score (nSPS) is 19.6. The Morgan fingerprint density at radius 1 is 1.40 bits per heavy atom. The van der Waals surface area contributed by atoms with Crippen molar-refractivity contribution in [2.45, 2.75) is 26.4 Å². The van der Waals surface area contributed by atoms with Gasteiger partial charge in [0.15, 0.2) is 0 Å². The molecule has 2 nitrogen and oxygen atoms in total. The van der Waals surface area contributed by atoms with Crippen LogP contribution in [0.15, 0.2) is 18.2 Å². The Labute approximate surface area is 95.7 Å². The summed E-state index contributed by atoms with van der Waals surface area (Å²) in [7, 11) is -0.279. The van der Waals surface area contributed by atoms with E-state index in [2.05, 4.69) is 0 Å². The molecule has 1 aliphatic rings. The molecular weight excluding hydrogens is 210 g/mol. The van der Waals surface area contributed by atoms with E-state index in [4.69, 9.17) is 20.9 Å². The van der Waals surface area contributed by atoms with Crippen LogP contribution >= 0.6 is 11.6 Å². The maximum atomic E-state index is 6.05. The second kappa shape index (κ2) is 3.82. The van der Waals surface area contributed by atoms with Gasteiger partial charge in [-0.25, -0.2) is 0 Å². The molecule has 1 fully saturated rings. The summed E-state index contributed by atoms with van der Waals surface area (Å²) >= 11 is 6.05. The molecule has 15 heavy (non-hydrogen) atoms. The summed E-state index contributed by atoms with van der Waals surface area (Å²) in [5, 5.41) is 0.754. The SMILES string of the molecule is Cc1c(Cl)cccc1B1OCC(C)(C)O1.